The van der Waals surface area contributed by atoms with Crippen molar-refractivity contribution in [1.29, 1.82) is 0 Å². The molecule has 0 N–H and O–H groups in total. The van der Waals surface area contributed by atoms with E-state index >= 15 is 0 Å². The van der Waals surface area contributed by atoms with Gasteiger partial charge in [-0.25, -0.2) is 8.42 Å². The van der Waals surface area contributed by atoms with Gasteiger partial charge in [-0.05, 0) is 18.2 Å². The molecule has 0 bridgehead atoms. The van der Waals surface area contributed by atoms with Gasteiger partial charge in [0.2, 0.25) is 0 Å². The molecule has 1 saturated heterocycles. The quantitative estimate of drug-likeness (QED) is 0.770. The molecule has 0 saturated carbocycles. The molecule has 0 unspecified atom stereocenters. The van der Waals surface area contributed by atoms with Crippen molar-refractivity contribution >= 4 is 15.5 Å². The van der Waals surface area contributed by atoms with Crippen LogP contribution in [0.5, 0.6) is 5.75 Å². The number of piperazine rings is 1. The van der Waals surface area contributed by atoms with Crippen molar-refractivity contribution in [2.75, 3.05) is 51.0 Å². The minimum Gasteiger partial charge on any atom is -0.495 e. The first kappa shape index (κ1) is 15.9. The first-order valence-electron chi connectivity index (χ1n) is 6.92. The summed E-state index contributed by atoms with van der Waals surface area (Å²) in [5, 5.41) is 0. The zero-order valence-electron chi connectivity index (χ0n) is 12.6. The second kappa shape index (κ2) is 6.49. The van der Waals surface area contributed by atoms with Gasteiger partial charge in [0.1, 0.15) is 10.6 Å². The van der Waals surface area contributed by atoms with Crippen LogP contribution in [0.3, 0.4) is 0 Å². The summed E-state index contributed by atoms with van der Waals surface area (Å²) in [6.07, 6.45) is 3.11. The van der Waals surface area contributed by atoms with E-state index in [1.807, 2.05) is 12.1 Å². The van der Waals surface area contributed by atoms with Crippen molar-refractivity contribution in [2.45, 2.75) is 4.90 Å². The Hall–Kier alpha value is -1.53. The molecular weight excluding hydrogens is 288 g/mol. The molecule has 1 fully saturated rings. The highest BCUT2D eigenvalue weighted by atomic mass is 32.2. The van der Waals surface area contributed by atoms with Crippen LogP contribution < -0.4 is 9.64 Å². The predicted octanol–water partition coefficient (Wildman–Crippen LogP) is 1.41. The number of methoxy groups -OCH3 is 1. The first-order chi connectivity index (χ1) is 9.95. The summed E-state index contributed by atoms with van der Waals surface area (Å²) in [5.74, 6) is 0.395. The zero-order chi connectivity index (χ0) is 15.5. The second-order valence-corrected chi connectivity index (χ2v) is 7.17. The molecule has 1 aromatic carbocycles. The van der Waals surface area contributed by atoms with Crippen LogP contribution >= 0.6 is 0 Å². The van der Waals surface area contributed by atoms with Crippen LogP contribution in [0, 0.1) is 0 Å². The molecule has 0 aromatic heterocycles. The summed E-state index contributed by atoms with van der Waals surface area (Å²) in [6, 6.07) is 5.34. The fourth-order valence-electron chi connectivity index (χ4n) is 2.52. The highest BCUT2D eigenvalue weighted by Crippen LogP contribution is 2.29. The predicted molar refractivity (Wildman–Crippen MR) is 85.0 cm³/mol. The second-order valence-electron chi connectivity index (χ2n) is 5.18. The Kier molecular flexibility index (Phi) is 4.90. The number of ether oxygens (including phenoxy) is 1. The topological polar surface area (TPSA) is 49.9 Å². The fraction of sp³-hybridized carbons (Fsp3) is 0.467. The Labute approximate surface area is 126 Å². The lowest BCUT2D eigenvalue weighted by Gasteiger charge is -2.35. The maximum absolute atomic E-state index is 11.9. The lowest BCUT2D eigenvalue weighted by Crippen LogP contribution is -2.46. The third kappa shape index (κ3) is 3.77. The van der Waals surface area contributed by atoms with Gasteiger partial charge in [0.15, 0.2) is 9.84 Å². The monoisotopic (exact) mass is 310 g/mol. The van der Waals surface area contributed by atoms with Crippen LogP contribution in [0.15, 0.2) is 35.7 Å². The van der Waals surface area contributed by atoms with Gasteiger partial charge < -0.3 is 9.64 Å². The molecule has 116 valence electrons. The third-order valence-electron chi connectivity index (χ3n) is 3.67. The molecule has 21 heavy (non-hydrogen) atoms. The molecular formula is C15H22N2O3S. The van der Waals surface area contributed by atoms with Gasteiger partial charge in [-0.3, -0.25) is 4.90 Å². The fourth-order valence-corrected chi connectivity index (χ4v) is 3.37. The minimum absolute atomic E-state index is 0.246. The van der Waals surface area contributed by atoms with E-state index in [0.29, 0.717) is 5.75 Å². The van der Waals surface area contributed by atoms with Gasteiger partial charge in [-0.15, -0.1) is 6.58 Å². The lowest BCUT2D eigenvalue weighted by atomic mass is 10.2. The van der Waals surface area contributed by atoms with Gasteiger partial charge in [0.25, 0.3) is 0 Å². The van der Waals surface area contributed by atoms with E-state index in [2.05, 4.69) is 16.4 Å². The summed E-state index contributed by atoms with van der Waals surface area (Å²) >= 11 is 0. The van der Waals surface area contributed by atoms with Crippen molar-refractivity contribution in [3.05, 3.63) is 30.9 Å². The molecule has 0 amide bonds. The van der Waals surface area contributed by atoms with Crippen LogP contribution in [-0.4, -0.2) is 59.4 Å². The van der Waals surface area contributed by atoms with Crippen LogP contribution in [0.1, 0.15) is 0 Å². The van der Waals surface area contributed by atoms with Gasteiger partial charge in [-0.1, -0.05) is 6.08 Å². The number of hydrogen-bond acceptors (Lipinski definition) is 5. The van der Waals surface area contributed by atoms with E-state index in [1.54, 1.807) is 12.1 Å². The van der Waals surface area contributed by atoms with Crippen molar-refractivity contribution < 1.29 is 13.2 Å². The summed E-state index contributed by atoms with van der Waals surface area (Å²) in [4.78, 5) is 4.77. The highest BCUT2D eigenvalue weighted by molar-refractivity contribution is 7.90. The third-order valence-corrected chi connectivity index (χ3v) is 4.79. The maximum atomic E-state index is 11.9. The lowest BCUT2D eigenvalue weighted by molar-refractivity contribution is 0.284. The molecule has 1 aliphatic rings. The number of nitrogens with zero attached hydrogens (tertiary/aromatic N) is 2. The number of hydrogen-bond donors (Lipinski definition) is 0. The maximum Gasteiger partial charge on any atom is 0.179 e. The van der Waals surface area contributed by atoms with Crippen LogP contribution in [0.2, 0.25) is 0 Å². The van der Waals surface area contributed by atoms with E-state index < -0.39 is 9.84 Å². The molecule has 1 aliphatic heterocycles. The number of anilines is 1. The highest BCUT2D eigenvalue weighted by Gasteiger charge is 2.20. The van der Waals surface area contributed by atoms with E-state index in [4.69, 9.17) is 4.74 Å². The number of benzene rings is 1. The molecule has 0 aliphatic carbocycles. The zero-order valence-corrected chi connectivity index (χ0v) is 13.4. The van der Waals surface area contributed by atoms with Crippen LogP contribution in [-0.2, 0) is 9.84 Å². The molecule has 1 aromatic rings. The van der Waals surface area contributed by atoms with Crippen LogP contribution in [0.4, 0.5) is 5.69 Å². The normalized spacial score (nSPS) is 16.8. The summed E-state index contributed by atoms with van der Waals surface area (Å²) < 4.78 is 28.9. The SMILES string of the molecule is C=CCN1CCN(c2ccc(OC)c(S(C)(=O)=O)c2)CC1. The van der Waals surface area contributed by atoms with Gasteiger partial charge >= 0.3 is 0 Å². The molecule has 5 nitrogen and oxygen atoms in total. The van der Waals surface area contributed by atoms with Crippen molar-refractivity contribution in [2.24, 2.45) is 0 Å². The summed E-state index contributed by atoms with van der Waals surface area (Å²) in [7, 11) is -1.82. The van der Waals surface area contributed by atoms with E-state index in [-0.39, 0.29) is 4.90 Å². The molecule has 2 rings (SSSR count). The Morgan fingerprint density at radius 1 is 1.29 bits per heavy atom. The van der Waals surface area contributed by atoms with Crippen LogP contribution in [0.25, 0.3) is 0 Å². The molecule has 1 heterocycles. The minimum atomic E-state index is -3.30. The number of sulfone groups is 1. The Balaban J connectivity index is 2.20. The Morgan fingerprint density at radius 2 is 1.95 bits per heavy atom. The number of rotatable bonds is 5. The largest absolute Gasteiger partial charge is 0.495 e. The molecule has 0 radical (unpaired) electrons. The smallest absolute Gasteiger partial charge is 0.179 e. The molecule has 6 heteroatoms. The van der Waals surface area contributed by atoms with Gasteiger partial charge in [0.05, 0.1) is 7.11 Å². The molecule has 0 spiro atoms. The van der Waals surface area contributed by atoms with E-state index in [9.17, 15) is 8.42 Å². The van der Waals surface area contributed by atoms with Crippen molar-refractivity contribution in [1.82, 2.24) is 4.90 Å². The Bertz CT molecular complexity index is 605. The summed E-state index contributed by atoms with van der Waals surface area (Å²) in [6.45, 7) is 8.31. The Morgan fingerprint density at radius 3 is 2.48 bits per heavy atom. The van der Waals surface area contributed by atoms with Gasteiger partial charge in [0, 0.05) is 44.7 Å². The van der Waals surface area contributed by atoms with E-state index in [1.165, 1.54) is 13.4 Å². The van der Waals surface area contributed by atoms with Crippen molar-refractivity contribution in [3.63, 3.8) is 0 Å². The first-order valence-corrected chi connectivity index (χ1v) is 8.81. The molecule has 0 atom stereocenters. The van der Waals surface area contributed by atoms with E-state index in [0.717, 1.165) is 38.4 Å². The average Bonchev–Trinajstić information content (AvgIpc) is 2.47. The van der Waals surface area contributed by atoms with Gasteiger partial charge in [-0.2, -0.15) is 0 Å². The van der Waals surface area contributed by atoms with Crippen molar-refractivity contribution in [3.8, 4) is 5.75 Å². The standard InChI is InChI=1S/C15H22N2O3S/c1-4-7-16-8-10-17(11-9-16)13-5-6-14(20-2)15(12-13)21(3,18)19/h4-6,12H,1,7-11H2,2-3H3. The average molecular weight is 310 g/mol. The summed E-state index contributed by atoms with van der Waals surface area (Å²) in [5.41, 5.74) is 0.925.